The van der Waals surface area contributed by atoms with Gasteiger partial charge in [-0.1, -0.05) is 24.3 Å². The van der Waals surface area contributed by atoms with Crippen molar-refractivity contribution in [1.29, 1.82) is 0 Å². The molecular formula is C17H15N5O2. The first kappa shape index (κ1) is 14.5. The Labute approximate surface area is 138 Å². The molecule has 0 aliphatic heterocycles. The van der Waals surface area contributed by atoms with Crippen LogP contribution in [0.3, 0.4) is 0 Å². The average molecular weight is 321 g/mol. The van der Waals surface area contributed by atoms with Crippen LogP contribution in [0.25, 0.3) is 5.82 Å². The van der Waals surface area contributed by atoms with E-state index in [0.717, 1.165) is 11.1 Å². The molecule has 24 heavy (non-hydrogen) atoms. The summed E-state index contributed by atoms with van der Waals surface area (Å²) in [6, 6.07) is 10.6. The second-order valence-electron chi connectivity index (χ2n) is 5.66. The quantitative estimate of drug-likeness (QED) is 0.752. The number of pyridine rings is 1. The number of fused-ring (bicyclic) bond motifs is 1. The summed E-state index contributed by atoms with van der Waals surface area (Å²) in [7, 11) is 0. The Balaban J connectivity index is 1.58. The first-order chi connectivity index (χ1) is 11.7. The van der Waals surface area contributed by atoms with Crippen LogP contribution in [0, 0.1) is 0 Å². The highest BCUT2D eigenvalue weighted by atomic mass is 16.3. The van der Waals surface area contributed by atoms with Crippen molar-refractivity contribution in [2.45, 2.75) is 18.6 Å². The van der Waals surface area contributed by atoms with Gasteiger partial charge in [0.2, 0.25) is 0 Å². The molecule has 1 aromatic carbocycles. The van der Waals surface area contributed by atoms with Gasteiger partial charge in [0.15, 0.2) is 5.82 Å². The van der Waals surface area contributed by atoms with Crippen molar-refractivity contribution in [2.75, 3.05) is 0 Å². The molecule has 0 saturated carbocycles. The Bertz CT molecular complexity index is 878. The third kappa shape index (κ3) is 2.55. The first-order valence-electron chi connectivity index (χ1n) is 7.60. The van der Waals surface area contributed by atoms with E-state index in [1.54, 1.807) is 18.3 Å². The van der Waals surface area contributed by atoms with Crippen molar-refractivity contribution in [3.05, 3.63) is 71.9 Å². The molecule has 2 N–H and O–H groups in total. The first-order valence-corrected chi connectivity index (χ1v) is 7.60. The number of nitrogens with zero attached hydrogens (tertiary/aromatic N) is 4. The second-order valence-corrected chi connectivity index (χ2v) is 5.66. The number of carbonyl (C=O) groups excluding carboxylic acids is 1. The molecule has 7 nitrogen and oxygen atoms in total. The van der Waals surface area contributed by atoms with E-state index in [1.165, 1.54) is 17.3 Å². The van der Waals surface area contributed by atoms with Crippen LogP contribution >= 0.6 is 0 Å². The fraction of sp³-hybridized carbons (Fsp3) is 0.176. The normalized spacial score (nSPS) is 19.0. The van der Waals surface area contributed by atoms with Crippen molar-refractivity contribution in [3.8, 4) is 5.82 Å². The van der Waals surface area contributed by atoms with Gasteiger partial charge in [0.05, 0.1) is 12.1 Å². The number of aliphatic hydroxyl groups is 1. The molecule has 2 unspecified atom stereocenters. The molecule has 0 radical (unpaired) electrons. The number of nitrogens with one attached hydrogen (secondary N) is 1. The highest BCUT2D eigenvalue weighted by Crippen LogP contribution is 2.31. The molecule has 2 atom stereocenters. The summed E-state index contributed by atoms with van der Waals surface area (Å²) < 4.78 is 1.48. The molecule has 2 aromatic heterocycles. The van der Waals surface area contributed by atoms with Crippen LogP contribution in [-0.2, 0) is 6.42 Å². The zero-order chi connectivity index (χ0) is 16.5. The van der Waals surface area contributed by atoms with Gasteiger partial charge >= 0.3 is 0 Å². The van der Waals surface area contributed by atoms with Crippen LogP contribution in [0.2, 0.25) is 0 Å². The zero-order valence-corrected chi connectivity index (χ0v) is 12.7. The van der Waals surface area contributed by atoms with E-state index in [0.29, 0.717) is 17.8 Å². The topological polar surface area (TPSA) is 92.9 Å². The van der Waals surface area contributed by atoms with Crippen molar-refractivity contribution >= 4 is 5.91 Å². The Morgan fingerprint density at radius 3 is 3.00 bits per heavy atom. The average Bonchev–Trinajstić information content (AvgIpc) is 3.24. The fourth-order valence-electron chi connectivity index (χ4n) is 2.98. The molecule has 1 aliphatic carbocycles. The van der Waals surface area contributed by atoms with Gasteiger partial charge in [-0.05, 0) is 23.3 Å². The molecule has 0 spiro atoms. The monoisotopic (exact) mass is 321 g/mol. The van der Waals surface area contributed by atoms with Crippen LogP contribution in [0.5, 0.6) is 0 Å². The molecule has 4 rings (SSSR count). The Morgan fingerprint density at radius 2 is 2.17 bits per heavy atom. The van der Waals surface area contributed by atoms with Crippen molar-refractivity contribution < 1.29 is 9.90 Å². The molecule has 1 amide bonds. The molecule has 3 aromatic rings. The zero-order valence-electron chi connectivity index (χ0n) is 12.7. The fourth-order valence-corrected chi connectivity index (χ4v) is 2.98. The lowest BCUT2D eigenvalue weighted by atomic mass is 10.1. The summed E-state index contributed by atoms with van der Waals surface area (Å²) in [5, 5.41) is 17.2. The van der Waals surface area contributed by atoms with Gasteiger partial charge in [0, 0.05) is 18.2 Å². The van der Waals surface area contributed by atoms with E-state index >= 15 is 0 Å². The van der Waals surface area contributed by atoms with E-state index < -0.39 is 12.1 Å². The van der Waals surface area contributed by atoms with Crippen LogP contribution in [0.4, 0.5) is 0 Å². The number of amides is 1. The van der Waals surface area contributed by atoms with Crippen LogP contribution in [0.1, 0.15) is 27.5 Å². The van der Waals surface area contributed by atoms with Crippen molar-refractivity contribution in [3.63, 3.8) is 0 Å². The number of aromatic nitrogens is 4. The number of aliphatic hydroxyl groups excluding tert-OH is 1. The number of hydrogen-bond acceptors (Lipinski definition) is 5. The maximum atomic E-state index is 12.6. The summed E-state index contributed by atoms with van der Waals surface area (Å²) in [5.41, 5.74) is 2.48. The predicted octanol–water partition coefficient (Wildman–Crippen LogP) is 1.05. The Hall–Kier alpha value is -3.06. The number of hydrogen-bond donors (Lipinski definition) is 2. The van der Waals surface area contributed by atoms with E-state index in [9.17, 15) is 9.90 Å². The predicted molar refractivity (Wildman–Crippen MR) is 85.5 cm³/mol. The number of carbonyl (C=O) groups is 1. The maximum Gasteiger partial charge on any atom is 0.252 e. The molecule has 0 saturated heterocycles. The highest BCUT2D eigenvalue weighted by molar-refractivity contribution is 5.94. The largest absolute Gasteiger partial charge is 0.390 e. The molecule has 0 bridgehead atoms. The summed E-state index contributed by atoms with van der Waals surface area (Å²) in [6.07, 6.45) is 4.39. The summed E-state index contributed by atoms with van der Waals surface area (Å²) >= 11 is 0. The highest BCUT2D eigenvalue weighted by Gasteiger charge is 2.32. The minimum atomic E-state index is -0.622. The SMILES string of the molecule is O=C(NC1c2ccccc2CC1O)c1ccnc(-n2cncn2)c1. The van der Waals surface area contributed by atoms with Crippen molar-refractivity contribution in [2.24, 2.45) is 0 Å². The number of benzene rings is 1. The lowest BCUT2D eigenvalue weighted by Gasteiger charge is -2.18. The standard InChI is InChI=1S/C17H15N5O2/c23-14-7-11-3-1-2-4-13(11)16(14)21-17(24)12-5-6-19-15(8-12)22-10-18-9-20-22/h1-6,8-10,14,16,23H,7H2,(H,21,24). The Morgan fingerprint density at radius 1 is 1.29 bits per heavy atom. The van der Waals surface area contributed by atoms with E-state index in [-0.39, 0.29) is 5.91 Å². The smallest absolute Gasteiger partial charge is 0.252 e. The van der Waals surface area contributed by atoms with Gasteiger partial charge in [-0.2, -0.15) is 5.10 Å². The minimum absolute atomic E-state index is 0.264. The van der Waals surface area contributed by atoms with E-state index in [1.807, 2.05) is 24.3 Å². The second kappa shape index (κ2) is 5.86. The lowest BCUT2D eigenvalue weighted by Crippen LogP contribution is -2.33. The summed E-state index contributed by atoms with van der Waals surface area (Å²) in [5.74, 6) is 0.243. The van der Waals surface area contributed by atoms with Crippen molar-refractivity contribution in [1.82, 2.24) is 25.1 Å². The molecule has 1 aliphatic rings. The van der Waals surface area contributed by atoms with Gasteiger partial charge < -0.3 is 10.4 Å². The molecule has 7 heteroatoms. The molecule has 2 heterocycles. The van der Waals surface area contributed by atoms with E-state index in [2.05, 4.69) is 20.4 Å². The van der Waals surface area contributed by atoms with Crippen LogP contribution in [0.15, 0.2) is 55.2 Å². The maximum absolute atomic E-state index is 12.6. The third-order valence-electron chi connectivity index (χ3n) is 4.15. The van der Waals surface area contributed by atoms with Crippen LogP contribution in [-0.4, -0.2) is 36.9 Å². The van der Waals surface area contributed by atoms with Gasteiger partial charge in [0.25, 0.3) is 5.91 Å². The molecule has 120 valence electrons. The van der Waals surface area contributed by atoms with Gasteiger partial charge in [0.1, 0.15) is 12.7 Å². The third-order valence-corrected chi connectivity index (χ3v) is 4.15. The van der Waals surface area contributed by atoms with Gasteiger partial charge in [-0.3, -0.25) is 4.79 Å². The van der Waals surface area contributed by atoms with Gasteiger partial charge in [-0.25, -0.2) is 14.6 Å². The Kier molecular flexibility index (Phi) is 3.55. The summed E-state index contributed by atoms with van der Waals surface area (Å²) in [4.78, 5) is 20.6. The number of rotatable bonds is 3. The minimum Gasteiger partial charge on any atom is -0.390 e. The summed E-state index contributed by atoms with van der Waals surface area (Å²) in [6.45, 7) is 0. The van der Waals surface area contributed by atoms with E-state index in [4.69, 9.17) is 0 Å². The van der Waals surface area contributed by atoms with Gasteiger partial charge in [-0.15, -0.1) is 0 Å². The molecule has 0 fully saturated rings. The van der Waals surface area contributed by atoms with Crippen LogP contribution < -0.4 is 5.32 Å². The molecular weight excluding hydrogens is 306 g/mol. The lowest BCUT2D eigenvalue weighted by molar-refractivity contribution is 0.0858.